The number of aromatic nitrogens is 6. The molecule has 0 saturated heterocycles. The number of nitrogen functional groups attached to an aromatic ring is 1. The fourth-order valence-electron chi connectivity index (χ4n) is 1.38. The highest BCUT2D eigenvalue weighted by atomic mass is 32.2. The molecule has 108 valence electrons. The fourth-order valence-corrected chi connectivity index (χ4v) is 2.22. The van der Waals surface area contributed by atoms with Crippen molar-refractivity contribution in [1.29, 1.82) is 0 Å². The normalized spacial score (nSPS) is 10.6. The molecule has 0 amide bonds. The number of ether oxygens (including phenoxy) is 1. The molecule has 0 atom stereocenters. The van der Waals surface area contributed by atoms with E-state index in [0.717, 1.165) is 11.8 Å². The van der Waals surface area contributed by atoms with Gasteiger partial charge in [-0.25, -0.2) is 15.7 Å². The molecule has 2 aromatic heterocycles. The van der Waals surface area contributed by atoms with Gasteiger partial charge in [0.05, 0.1) is 6.61 Å². The standard InChI is InChI=1S/C9H14N8O2S/c1-3-17-8(18)15-16-9(17)20-7-12-5(14-10)11-6(13-7)19-4-2/h3-4,10H2,1-2H3,(H,15,18)(H,11,12,13,14). The Morgan fingerprint density at radius 2 is 2.20 bits per heavy atom. The number of H-pyrrole nitrogens is 1. The summed E-state index contributed by atoms with van der Waals surface area (Å²) in [6.45, 7) is 4.56. The summed E-state index contributed by atoms with van der Waals surface area (Å²) in [6.07, 6.45) is 0. The van der Waals surface area contributed by atoms with E-state index in [0.29, 0.717) is 23.5 Å². The van der Waals surface area contributed by atoms with E-state index in [1.54, 1.807) is 0 Å². The van der Waals surface area contributed by atoms with E-state index in [9.17, 15) is 4.79 Å². The molecule has 11 heteroatoms. The minimum absolute atomic E-state index is 0.152. The Bertz CT molecular complexity index is 639. The molecule has 0 aromatic carbocycles. The van der Waals surface area contributed by atoms with Gasteiger partial charge in [0.15, 0.2) is 5.16 Å². The summed E-state index contributed by atoms with van der Waals surface area (Å²) in [5.41, 5.74) is 2.05. The van der Waals surface area contributed by atoms with E-state index in [4.69, 9.17) is 10.6 Å². The molecule has 0 spiro atoms. The van der Waals surface area contributed by atoms with Crippen molar-refractivity contribution in [3.63, 3.8) is 0 Å². The molecule has 0 unspecified atom stereocenters. The number of nitrogens with one attached hydrogen (secondary N) is 2. The Balaban J connectivity index is 2.32. The van der Waals surface area contributed by atoms with Crippen LogP contribution in [0.4, 0.5) is 5.95 Å². The van der Waals surface area contributed by atoms with Crippen molar-refractivity contribution in [1.82, 2.24) is 29.7 Å². The number of rotatable bonds is 6. The first-order chi connectivity index (χ1) is 9.67. The molecule has 2 aromatic rings. The lowest BCUT2D eigenvalue weighted by Crippen LogP contribution is -2.16. The van der Waals surface area contributed by atoms with Crippen LogP contribution in [0.2, 0.25) is 0 Å². The van der Waals surface area contributed by atoms with E-state index in [1.807, 2.05) is 13.8 Å². The van der Waals surface area contributed by atoms with E-state index >= 15 is 0 Å². The van der Waals surface area contributed by atoms with Crippen LogP contribution in [-0.2, 0) is 6.54 Å². The number of hydrogen-bond donors (Lipinski definition) is 3. The van der Waals surface area contributed by atoms with Crippen molar-refractivity contribution in [3.05, 3.63) is 10.5 Å². The predicted octanol–water partition coefficient (Wildman–Crippen LogP) is -0.388. The van der Waals surface area contributed by atoms with Gasteiger partial charge >= 0.3 is 11.7 Å². The molecule has 0 fully saturated rings. The Labute approximate surface area is 118 Å². The maximum atomic E-state index is 11.5. The Morgan fingerprint density at radius 1 is 1.40 bits per heavy atom. The molecule has 10 nitrogen and oxygen atoms in total. The number of nitrogens with zero attached hydrogens (tertiary/aromatic N) is 5. The van der Waals surface area contributed by atoms with Gasteiger partial charge in [-0.15, -0.1) is 5.10 Å². The molecule has 0 aliphatic rings. The van der Waals surface area contributed by atoms with Crippen LogP contribution in [0.25, 0.3) is 0 Å². The zero-order valence-electron chi connectivity index (χ0n) is 11.0. The van der Waals surface area contributed by atoms with Crippen LogP contribution >= 0.6 is 11.8 Å². The van der Waals surface area contributed by atoms with E-state index in [2.05, 4.69) is 30.6 Å². The quantitative estimate of drug-likeness (QED) is 0.481. The van der Waals surface area contributed by atoms with Crippen molar-refractivity contribution in [2.75, 3.05) is 12.0 Å². The Morgan fingerprint density at radius 3 is 2.85 bits per heavy atom. The second kappa shape index (κ2) is 6.34. The topological polar surface area (TPSA) is 137 Å². The molecular weight excluding hydrogens is 284 g/mol. The maximum Gasteiger partial charge on any atom is 0.343 e. The first-order valence-corrected chi connectivity index (χ1v) is 6.68. The Kier molecular flexibility index (Phi) is 4.53. The molecule has 2 rings (SSSR count). The van der Waals surface area contributed by atoms with E-state index in [1.165, 1.54) is 4.57 Å². The summed E-state index contributed by atoms with van der Waals surface area (Å²) in [6, 6.07) is 0.152. The monoisotopic (exact) mass is 298 g/mol. The molecule has 2 heterocycles. The number of hydrazine groups is 1. The summed E-state index contributed by atoms with van der Waals surface area (Å²) in [7, 11) is 0. The summed E-state index contributed by atoms with van der Waals surface area (Å²) in [5, 5.41) is 7.06. The summed E-state index contributed by atoms with van der Waals surface area (Å²) >= 11 is 1.11. The van der Waals surface area contributed by atoms with Crippen molar-refractivity contribution in [2.24, 2.45) is 5.84 Å². The first-order valence-electron chi connectivity index (χ1n) is 5.86. The maximum absolute atomic E-state index is 11.5. The minimum Gasteiger partial charge on any atom is -0.464 e. The van der Waals surface area contributed by atoms with Crippen LogP contribution < -0.4 is 21.7 Å². The van der Waals surface area contributed by atoms with Gasteiger partial charge in [-0.3, -0.25) is 9.99 Å². The van der Waals surface area contributed by atoms with Crippen LogP contribution in [0.15, 0.2) is 15.1 Å². The molecule has 0 radical (unpaired) electrons. The molecule has 4 N–H and O–H groups in total. The second-order valence-corrected chi connectivity index (χ2v) is 4.39. The second-order valence-electron chi connectivity index (χ2n) is 3.46. The predicted molar refractivity (Wildman–Crippen MR) is 71.5 cm³/mol. The smallest absolute Gasteiger partial charge is 0.343 e. The van der Waals surface area contributed by atoms with Gasteiger partial charge in [0.25, 0.3) is 0 Å². The summed E-state index contributed by atoms with van der Waals surface area (Å²) < 4.78 is 6.68. The number of aromatic amines is 1. The highest BCUT2D eigenvalue weighted by molar-refractivity contribution is 7.99. The first kappa shape index (κ1) is 14.3. The average molecular weight is 298 g/mol. The van der Waals surface area contributed by atoms with Gasteiger partial charge in [0, 0.05) is 6.54 Å². The van der Waals surface area contributed by atoms with Gasteiger partial charge in [0.2, 0.25) is 11.1 Å². The zero-order chi connectivity index (χ0) is 14.5. The molecule has 0 saturated carbocycles. The minimum atomic E-state index is -0.286. The average Bonchev–Trinajstić information content (AvgIpc) is 2.79. The lowest BCUT2D eigenvalue weighted by atomic mass is 10.7. The van der Waals surface area contributed by atoms with E-state index < -0.39 is 0 Å². The SMILES string of the molecule is CCOc1nc(NN)nc(Sc2n[nH]c(=O)n2CC)n1. The largest absolute Gasteiger partial charge is 0.464 e. The van der Waals surface area contributed by atoms with Crippen molar-refractivity contribution < 1.29 is 4.74 Å². The third-order valence-electron chi connectivity index (χ3n) is 2.22. The summed E-state index contributed by atoms with van der Waals surface area (Å²) in [5.74, 6) is 5.47. The van der Waals surface area contributed by atoms with Crippen LogP contribution in [0.5, 0.6) is 6.01 Å². The number of hydrogen-bond acceptors (Lipinski definition) is 9. The molecule has 0 aliphatic heterocycles. The van der Waals surface area contributed by atoms with Gasteiger partial charge in [-0.2, -0.15) is 15.0 Å². The highest BCUT2D eigenvalue weighted by Gasteiger charge is 2.13. The highest BCUT2D eigenvalue weighted by Crippen LogP contribution is 2.23. The van der Waals surface area contributed by atoms with Crippen LogP contribution in [-0.4, -0.2) is 36.3 Å². The number of anilines is 1. The van der Waals surface area contributed by atoms with Crippen molar-refractivity contribution >= 4 is 17.7 Å². The van der Waals surface area contributed by atoms with Gasteiger partial charge in [-0.1, -0.05) is 0 Å². The molecule has 0 aliphatic carbocycles. The van der Waals surface area contributed by atoms with Gasteiger partial charge in [0.1, 0.15) is 0 Å². The Hall–Kier alpha value is -2.14. The van der Waals surface area contributed by atoms with Crippen molar-refractivity contribution in [2.45, 2.75) is 30.7 Å². The summed E-state index contributed by atoms with van der Waals surface area (Å²) in [4.78, 5) is 23.6. The fraction of sp³-hybridized carbons (Fsp3) is 0.444. The van der Waals surface area contributed by atoms with Crippen molar-refractivity contribution in [3.8, 4) is 6.01 Å². The third kappa shape index (κ3) is 3.05. The molecule has 0 bridgehead atoms. The van der Waals surface area contributed by atoms with Crippen LogP contribution in [0.3, 0.4) is 0 Å². The molecule has 20 heavy (non-hydrogen) atoms. The van der Waals surface area contributed by atoms with Crippen LogP contribution in [0, 0.1) is 0 Å². The zero-order valence-corrected chi connectivity index (χ0v) is 11.8. The number of nitrogens with two attached hydrogens (primary N) is 1. The van der Waals surface area contributed by atoms with E-state index in [-0.39, 0.29) is 17.6 Å². The van der Waals surface area contributed by atoms with Gasteiger partial charge < -0.3 is 4.74 Å². The van der Waals surface area contributed by atoms with Crippen LogP contribution in [0.1, 0.15) is 13.8 Å². The lowest BCUT2D eigenvalue weighted by molar-refractivity contribution is 0.308. The molecular formula is C9H14N8O2S. The third-order valence-corrected chi connectivity index (χ3v) is 3.08. The lowest BCUT2D eigenvalue weighted by Gasteiger charge is -2.06. The van der Waals surface area contributed by atoms with Gasteiger partial charge in [-0.05, 0) is 25.6 Å².